The Morgan fingerprint density at radius 1 is 1.00 bits per heavy atom. The number of aldehydes is 1. The molecule has 106 valence electrons. The molecule has 8 nitrogen and oxygen atoms in total. The minimum absolute atomic E-state index is 0. The van der Waals surface area contributed by atoms with Crippen LogP contribution in [0.25, 0.3) is 0 Å². The number of carbonyl (C=O) groups excluding carboxylic acids is 1. The van der Waals surface area contributed by atoms with Crippen LogP contribution in [-0.2, 0) is 4.79 Å². The minimum Gasteiger partial charge on any atom is -0.450 e. The molecule has 0 atom stereocenters. The Kier molecular flexibility index (Phi) is 50.6. The zero-order valence-electron chi connectivity index (χ0n) is 10.6. The van der Waals surface area contributed by atoms with Crippen molar-refractivity contribution in [1.82, 2.24) is 6.15 Å². The van der Waals surface area contributed by atoms with E-state index in [4.69, 9.17) is 30.0 Å². The van der Waals surface area contributed by atoms with Crippen LogP contribution in [-0.4, -0.2) is 39.0 Å². The summed E-state index contributed by atoms with van der Waals surface area (Å²) < 4.78 is 0. The van der Waals surface area contributed by atoms with Crippen molar-refractivity contribution < 1.29 is 34.8 Å². The van der Waals surface area contributed by atoms with Gasteiger partial charge in [-0.3, -0.25) is 0 Å². The first kappa shape index (κ1) is 29.4. The molecule has 17 heavy (non-hydrogen) atoms. The van der Waals surface area contributed by atoms with Crippen LogP contribution in [0.4, 0.5) is 9.59 Å². The molecule has 0 saturated heterocycles. The summed E-state index contributed by atoms with van der Waals surface area (Å²) in [4.78, 5) is 26.3. The van der Waals surface area contributed by atoms with Gasteiger partial charge in [0.2, 0.25) is 0 Å². The molecule has 0 radical (unpaired) electrons. The Bertz CT molecular complexity index is 148. The first-order valence-corrected chi connectivity index (χ1v) is 4.39. The maximum atomic E-state index is 9.17. The summed E-state index contributed by atoms with van der Waals surface area (Å²) in [6, 6.07) is 0. The van der Waals surface area contributed by atoms with E-state index in [-0.39, 0.29) is 6.15 Å². The van der Waals surface area contributed by atoms with Gasteiger partial charge in [0.25, 0.3) is 0 Å². The van der Waals surface area contributed by atoms with Crippen LogP contribution in [0.5, 0.6) is 0 Å². The van der Waals surface area contributed by atoms with Gasteiger partial charge in [0.15, 0.2) is 0 Å². The summed E-state index contributed by atoms with van der Waals surface area (Å²) in [7, 11) is 0. The number of rotatable bonds is 1. The molecule has 0 aromatic rings. The first-order chi connectivity index (χ1) is 7.11. The fourth-order valence-corrected chi connectivity index (χ4v) is 0. The van der Waals surface area contributed by atoms with Gasteiger partial charge in [0.1, 0.15) is 6.29 Å². The Morgan fingerprint density at radius 2 is 1.06 bits per heavy atom. The summed E-state index contributed by atoms with van der Waals surface area (Å²) in [5.74, 6) is 0.833. The van der Waals surface area contributed by atoms with Crippen LogP contribution in [0.15, 0.2) is 0 Å². The third-order valence-electron chi connectivity index (χ3n) is 0.167. The molecule has 0 aliphatic carbocycles. The summed E-state index contributed by atoms with van der Waals surface area (Å²) >= 11 is 0. The zero-order valence-corrected chi connectivity index (χ0v) is 10.6. The molecule has 7 N–H and O–H groups in total. The summed E-state index contributed by atoms with van der Waals surface area (Å²) in [5, 5.41) is 27.9. The van der Waals surface area contributed by atoms with Crippen LogP contribution < -0.4 is 6.15 Å². The van der Waals surface area contributed by atoms with E-state index in [1.807, 2.05) is 6.92 Å². The van der Waals surface area contributed by atoms with E-state index >= 15 is 0 Å². The van der Waals surface area contributed by atoms with Crippen molar-refractivity contribution in [2.24, 2.45) is 5.92 Å². The normalized spacial score (nSPS) is 6.41. The highest BCUT2D eigenvalue weighted by atomic mass is 16.6. The van der Waals surface area contributed by atoms with E-state index in [1.165, 1.54) is 0 Å². The van der Waals surface area contributed by atoms with Gasteiger partial charge < -0.3 is 31.4 Å². The van der Waals surface area contributed by atoms with Gasteiger partial charge >= 0.3 is 12.3 Å². The van der Waals surface area contributed by atoms with Crippen molar-refractivity contribution in [3.63, 3.8) is 0 Å². The molecule has 0 heterocycles. The van der Waals surface area contributed by atoms with Gasteiger partial charge in [-0.05, 0) is 5.92 Å². The number of hydrogen-bond acceptors (Lipinski definition) is 4. The molecular formula is C9H23NO7. The van der Waals surface area contributed by atoms with Crippen LogP contribution >= 0.6 is 0 Å². The van der Waals surface area contributed by atoms with Crippen molar-refractivity contribution in [2.75, 3.05) is 0 Å². The monoisotopic (exact) mass is 257 g/mol. The molecular weight excluding hydrogens is 234 g/mol. The van der Waals surface area contributed by atoms with E-state index < -0.39 is 12.3 Å². The summed E-state index contributed by atoms with van der Waals surface area (Å²) in [5.41, 5.74) is 0. The molecule has 0 aromatic carbocycles. The second-order valence-electron chi connectivity index (χ2n) is 2.87. The zero-order chi connectivity index (χ0) is 14.1. The van der Waals surface area contributed by atoms with E-state index in [0.29, 0.717) is 6.42 Å². The lowest BCUT2D eigenvalue weighted by Crippen LogP contribution is -1.81. The standard InChI is InChI=1S/C4H10.C3H6O.2CH2O3.H3N/c1-4(2)3;1-2-3-4;2*2-1(3)4;/h4H,1-3H3;3H,2H2,1H3;2*(H2,2,3,4);1H3. The molecule has 0 bridgehead atoms. The topological polar surface area (TPSA) is 167 Å². The van der Waals surface area contributed by atoms with Crippen molar-refractivity contribution in [2.45, 2.75) is 34.1 Å². The quantitative estimate of drug-likeness (QED) is 0.446. The Hall–Kier alpha value is -1.83. The molecule has 8 heteroatoms. The lowest BCUT2D eigenvalue weighted by atomic mass is 10.3. The average Bonchev–Trinajstić information content (AvgIpc) is 2.00. The van der Waals surface area contributed by atoms with E-state index in [1.54, 1.807) is 0 Å². The largest absolute Gasteiger partial charge is 0.503 e. The summed E-state index contributed by atoms with van der Waals surface area (Å²) in [6.07, 6.45) is -2.15. The number of carboxylic acid groups (broad SMARTS) is 4. The van der Waals surface area contributed by atoms with Crippen molar-refractivity contribution in [3.8, 4) is 0 Å². The molecule has 0 aliphatic heterocycles. The lowest BCUT2D eigenvalue weighted by molar-refractivity contribution is -0.107. The summed E-state index contributed by atoms with van der Waals surface area (Å²) in [6.45, 7) is 8.31. The van der Waals surface area contributed by atoms with Crippen molar-refractivity contribution >= 4 is 18.6 Å². The van der Waals surface area contributed by atoms with Crippen LogP contribution in [0.2, 0.25) is 0 Å². The highest BCUT2D eigenvalue weighted by molar-refractivity contribution is 5.53. The second-order valence-corrected chi connectivity index (χ2v) is 2.87. The maximum Gasteiger partial charge on any atom is 0.503 e. The van der Waals surface area contributed by atoms with Gasteiger partial charge in [-0.15, -0.1) is 0 Å². The van der Waals surface area contributed by atoms with E-state index in [9.17, 15) is 4.79 Å². The number of carbonyl (C=O) groups is 3. The van der Waals surface area contributed by atoms with Gasteiger partial charge in [-0.25, -0.2) is 9.59 Å². The van der Waals surface area contributed by atoms with E-state index in [2.05, 4.69) is 20.8 Å². The first-order valence-electron chi connectivity index (χ1n) is 4.39. The molecule has 0 aromatic heterocycles. The fourth-order valence-electron chi connectivity index (χ4n) is 0. The van der Waals surface area contributed by atoms with Crippen molar-refractivity contribution in [1.29, 1.82) is 0 Å². The lowest BCUT2D eigenvalue weighted by Gasteiger charge is -1.79. The molecule has 0 unspecified atom stereocenters. The molecule has 0 aliphatic rings. The Morgan fingerprint density at radius 3 is 1.06 bits per heavy atom. The van der Waals surface area contributed by atoms with Gasteiger partial charge in [0.05, 0.1) is 0 Å². The third-order valence-corrected chi connectivity index (χ3v) is 0.167. The van der Waals surface area contributed by atoms with Gasteiger partial charge in [-0.2, -0.15) is 0 Å². The highest BCUT2D eigenvalue weighted by Gasteiger charge is 1.70. The van der Waals surface area contributed by atoms with Crippen LogP contribution in [0.1, 0.15) is 34.1 Å². The maximum absolute atomic E-state index is 9.17. The van der Waals surface area contributed by atoms with E-state index in [0.717, 1.165) is 12.2 Å². The SMILES string of the molecule is CC(C)C.CCC=O.N.O=C(O)O.O=C(O)O. The van der Waals surface area contributed by atoms with Crippen molar-refractivity contribution in [3.05, 3.63) is 0 Å². The van der Waals surface area contributed by atoms with Gasteiger partial charge in [0, 0.05) is 6.42 Å². The highest BCUT2D eigenvalue weighted by Crippen LogP contribution is 1.81. The minimum atomic E-state index is -1.83. The third kappa shape index (κ3) is 3050. The molecule has 0 rings (SSSR count). The van der Waals surface area contributed by atoms with Crippen LogP contribution in [0, 0.1) is 5.92 Å². The Balaban J connectivity index is -0.0000000369. The predicted molar refractivity (Wildman–Crippen MR) is 63.2 cm³/mol. The second kappa shape index (κ2) is 29.2. The van der Waals surface area contributed by atoms with Crippen LogP contribution in [0.3, 0.4) is 0 Å². The molecule has 0 spiro atoms. The molecule has 0 fully saturated rings. The molecule has 0 amide bonds. The fraction of sp³-hybridized carbons (Fsp3) is 0.667. The predicted octanol–water partition coefficient (Wildman–Crippen LogP) is 2.86. The number of hydrogen-bond donors (Lipinski definition) is 5. The Labute approximate surface area is 100 Å². The average molecular weight is 257 g/mol. The molecule has 0 saturated carbocycles. The van der Waals surface area contributed by atoms with Gasteiger partial charge in [-0.1, -0.05) is 27.7 Å². The smallest absolute Gasteiger partial charge is 0.450 e.